The molecule has 0 aliphatic carbocycles. The quantitative estimate of drug-likeness (QED) is 0.0703. The van der Waals surface area contributed by atoms with Crippen LogP contribution in [0.3, 0.4) is 0 Å². The van der Waals surface area contributed by atoms with Gasteiger partial charge in [-0.1, -0.05) is 122 Å². The van der Waals surface area contributed by atoms with Crippen molar-refractivity contribution in [1.29, 1.82) is 0 Å². The number of unbranched alkanes of at least 4 members (excludes halogenated alkanes) is 15. The Labute approximate surface area is 217 Å². The van der Waals surface area contributed by atoms with E-state index >= 15 is 0 Å². The van der Waals surface area contributed by atoms with Gasteiger partial charge in [-0.3, -0.25) is 4.79 Å². The number of carbonyl (C=O) groups is 1. The molecule has 0 rings (SSSR count). The molecule has 0 spiro atoms. The van der Waals surface area contributed by atoms with Crippen LogP contribution in [0.2, 0.25) is 0 Å². The second-order valence-corrected chi connectivity index (χ2v) is 9.82. The fourth-order valence-electron chi connectivity index (χ4n) is 4.01. The van der Waals surface area contributed by atoms with Crippen molar-refractivity contribution in [2.75, 3.05) is 19.8 Å². The molecule has 206 valence electrons. The third-order valence-electron chi connectivity index (χ3n) is 6.26. The van der Waals surface area contributed by atoms with Gasteiger partial charge in [-0.2, -0.15) is 0 Å². The summed E-state index contributed by atoms with van der Waals surface area (Å²) in [7, 11) is 0. The molecule has 0 heterocycles. The van der Waals surface area contributed by atoms with Gasteiger partial charge in [0.05, 0.1) is 13.2 Å². The minimum Gasteiger partial charge on any atom is -0.457 e. The van der Waals surface area contributed by atoms with E-state index in [0.29, 0.717) is 19.6 Å². The fraction of sp³-hybridized carbons (Fsp3) is 0.839. The lowest BCUT2D eigenvalue weighted by Crippen LogP contribution is -2.27. The van der Waals surface area contributed by atoms with Gasteiger partial charge in [0.1, 0.15) is 6.10 Å². The molecule has 0 aromatic rings. The van der Waals surface area contributed by atoms with Crippen LogP contribution in [-0.2, 0) is 14.3 Å². The van der Waals surface area contributed by atoms with E-state index < -0.39 is 6.10 Å². The molecule has 0 bridgehead atoms. The van der Waals surface area contributed by atoms with Crippen LogP contribution in [0.25, 0.3) is 0 Å². The van der Waals surface area contributed by atoms with Crippen molar-refractivity contribution in [2.24, 2.45) is 0 Å². The Hall–Kier alpha value is -1.13. The van der Waals surface area contributed by atoms with E-state index in [-0.39, 0.29) is 12.6 Å². The van der Waals surface area contributed by atoms with Gasteiger partial charge in [-0.25, -0.2) is 0 Å². The Morgan fingerprint density at radius 3 is 1.89 bits per heavy atom. The maximum absolute atomic E-state index is 12.0. The second kappa shape index (κ2) is 29.1. The van der Waals surface area contributed by atoms with E-state index in [1.807, 2.05) is 0 Å². The smallest absolute Gasteiger partial charge is 0.306 e. The summed E-state index contributed by atoms with van der Waals surface area (Å²) in [6.07, 6.45) is 32.0. The Morgan fingerprint density at radius 1 is 0.686 bits per heavy atom. The summed E-state index contributed by atoms with van der Waals surface area (Å²) >= 11 is 0. The summed E-state index contributed by atoms with van der Waals surface area (Å²) in [5.41, 5.74) is 0. The minimum absolute atomic E-state index is 0.175. The zero-order chi connectivity index (χ0) is 25.7. The molecule has 35 heavy (non-hydrogen) atoms. The van der Waals surface area contributed by atoms with E-state index in [9.17, 15) is 9.90 Å². The highest BCUT2D eigenvalue weighted by molar-refractivity contribution is 5.69. The van der Waals surface area contributed by atoms with Crippen LogP contribution in [0.15, 0.2) is 24.3 Å². The molecule has 0 aliphatic rings. The van der Waals surface area contributed by atoms with E-state index in [4.69, 9.17) is 9.47 Å². The number of aliphatic hydroxyl groups is 1. The zero-order valence-electron chi connectivity index (χ0n) is 23.3. The standard InChI is InChI=1S/C31H58O4/c1-3-5-7-9-11-13-15-16-17-18-20-22-24-26-31(33)35-30(28-32)29-34-27-25-23-21-19-14-12-10-8-6-4-2/h7,9,13,15,30,32H,3-6,8,10-12,14,16-29H2,1-2H3/b9-7-,15-13-. The van der Waals surface area contributed by atoms with Gasteiger partial charge < -0.3 is 14.6 Å². The molecule has 4 heteroatoms. The summed E-state index contributed by atoms with van der Waals surface area (Å²) in [5, 5.41) is 9.47. The fourth-order valence-corrected chi connectivity index (χ4v) is 4.01. The number of allylic oxidation sites excluding steroid dienone is 4. The third kappa shape index (κ3) is 27.3. The monoisotopic (exact) mass is 494 g/mol. The Balaban J connectivity index is 3.49. The topological polar surface area (TPSA) is 55.8 Å². The molecule has 1 atom stereocenters. The zero-order valence-corrected chi connectivity index (χ0v) is 23.3. The van der Waals surface area contributed by atoms with Crippen LogP contribution in [-0.4, -0.2) is 37.0 Å². The molecular formula is C31H58O4. The molecule has 0 amide bonds. The van der Waals surface area contributed by atoms with Gasteiger partial charge in [0.2, 0.25) is 0 Å². The van der Waals surface area contributed by atoms with Gasteiger partial charge in [-0.05, 0) is 38.5 Å². The Kier molecular flexibility index (Phi) is 28.2. The SMILES string of the molecule is CCC/C=C\C/C=C\CCCCCCCC(=O)OC(CO)COCCCCCCCCCCCC. The maximum Gasteiger partial charge on any atom is 0.306 e. The predicted molar refractivity (Wildman–Crippen MR) is 150 cm³/mol. The normalized spacial score (nSPS) is 12.7. The number of hydrogen-bond acceptors (Lipinski definition) is 4. The van der Waals surface area contributed by atoms with Crippen molar-refractivity contribution in [3.8, 4) is 0 Å². The van der Waals surface area contributed by atoms with Crippen LogP contribution < -0.4 is 0 Å². The Morgan fingerprint density at radius 2 is 1.26 bits per heavy atom. The van der Waals surface area contributed by atoms with Crippen LogP contribution in [0.5, 0.6) is 0 Å². The third-order valence-corrected chi connectivity index (χ3v) is 6.26. The van der Waals surface area contributed by atoms with Gasteiger partial charge in [0.25, 0.3) is 0 Å². The van der Waals surface area contributed by atoms with Crippen LogP contribution in [0.1, 0.15) is 142 Å². The summed E-state index contributed by atoms with van der Waals surface area (Å²) in [6.45, 7) is 5.25. The lowest BCUT2D eigenvalue weighted by molar-refractivity contribution is -0.154. The molecule has 0 radical (unpaired) electrons. The average molecular weight is 495 g/mol. The lowest BCUT2D eigenvalue weighted by atomic mass is 10.1. The van der Waals surface area contributed by atoms with E-state index in [0.717, 1.165) is 38.5 Å². The van der Waals surface area contributed by atoms with Gasteiger partial charge >= 0.3 is 5.97 Å². The second-order valence-electron chi connectivity index (χ2n) is 9.82. The highest BCUT2D eigenvalue weighted by Gasteiger charge is 2.13. The molecule has 0 aromatic carbocycles. The van der Waals surface area contributed by atoms with Crippen LogP contribution in [0, 0.1) is 0 Å². The first-order valence-electron chi connectivity index (χ1n) is 14.9. The summed E-state index contributed by atoms with van der Waals surface area (Å²) in [6, 6.07) is 0. The lowest BCUT2D eigenvalue weighted by Gasteiger charge is -2.15. The first-order valence-corrected chi connectivity index (χ1v) is 14.9. The van der Waals surface area contributed by atoms with Crippen molar-refractivity contribution in [3.05, 3.63) is 24.3 Å². The number of ether oxygens (including phenoxy) is 2. The van der Waals surface area contributed by atoms with Crippen molar-refractivity contribution in [3.63, 3.8) is 0 Å². The number of carbonyl (C=O) groups excluding carboxylic acids is 1. The summed E-state index contributed by atoms with van der Waals surface area (Å²) < 4.78 is 11.0. The first-order chi connectivity index (χ1) is 17.2. The van der Waals surface area contributed by atoms with Crippen LogP contribution in [0.4, 0.5) is 0 Å². The van der Waals surface area contributed by atoms with Gasteiger partial charge in [0.15, 0.2) is 0 Å². The average Bonchev–Trinajstić information content (AvgIpc) is 2.86. The molecule has 4 nitrogen and oxygen atoms in total. The van der Waals surface area contributed by atoms with E-state index in [1.54, 1.807) is 0 Å². The highest BCUT2D eigenvalue weighted by atomic mass is 16.6. The van der Waals surface area contributed by atoms with E-state index in [2.05, 4.69) is 38.2 Å². The first kappa shape index (κ1) is 33.9. The van der Waals surface area contributed by atoms with Crippen molar-refractivity contribution >= 4 is 5.97 Å². The Bertz CT molecular complexity index is 486. The highest BCUT2D eigenvalue weighted by Crippen LogP contribution is 2.11. The summed E-state index contributed by atoms with van der Waals surface area (Å²) in [4.78, 5) is 12.0. The van der Waals surface area contributed by atoms with Gasteiger partial charge in [-0.15, -0.1) is 0 Å². The number of hydrogen-bond donors (Lipinski definition) is 1. The van der Waals surface area contributed by atoms with Crippen molar-refractivity contribution in [1.82, 2.24) is 0 Å². The maximum atomic E-state index is 12.0. The number of esters is 1. The minimum atomic E-state index is -0.533. The number of aliphatic hydroxyl groups excluding tert-OH is 1. The molecule has 0 saturated heterocycles. The molecular weight excluding hydrogens is 436 g/mol. The molecule has 0 fully saturated rings. The van der Waals surface area contributed by atoms with Crippen molar-refractivity contribution < 1.29 is 19.4 Å². The largest absolute Gasteiger partial charge is 0.457 e. The molecule has 1 unspecified atom stereocenters. The number of rotatable bonds is 27. The molecule has 1 N–H and O–H groups in total. The van der Waals surface area contributed by atoms with E-state index in [1.165, 1.54) is 83.5 Å². The molecule has 0 aliphatic heterocycles. The van der Waals surface area contributed by atoms with Gasteiger partial charge in [0, 0.05) is 13.0 Å². The van der Waals surface area contributed by atoms with Crippen molar-refractivity contribution in [2.45, 2.75) is 148 Å². The summed E-state index contributed by atoms with van der Waals surface area (Å²) in [5.74, 6) is -0.217. The molecule has 0 aromatic heterocycles. The van der Waals surface area contributed by atoms with Crippen LogP contribution >= 0.6 is 0 Å². The molecule has 0 saturated carbocycles. The predicted octanol–water partition coefficient (Wildman–Crippen LogP) is 8.86.